The van der Waals surface area contributed by atoms with Crippen molar-refractivity contribution in [2.45, 2.75) is 112 Å². The summed E-state index contributed by atoms with van der Waals surface area (Å²) >= 11 is 12.7. The predicted octanol–water partition coefficient (Wildman–Crippen LogP) is 10.2. The normalized spacial score (nSPS) is 25.3. The molecule has 0 saturated heterocycles. The largest absolute Gasteiger partial charge is 0.490 e. The van der Waals surface area contributed by atoms with E-state index in [4.69, 9.17) is 42.1 Å². The first-order valence-corrected chi connectivity index (χ1v) is 28.1. The fourth-order valence-electron chi connectivity index (χ4n) is 13.5. The molecule has 2 aliphatic heterocycles. The van der Waals surface area contributed by atoms with Crippen LogP contribution in [0, 0.1) is 23.7 Å². The van der Waals surface area contributed by atoms with E-state index in [0.29, 0.717) is 62.0 Å². The monoisotopic (exact) mass is 1110 g/mol. The molecule has 0 radical (unpaired) electrons. The van der Waals surface area contributed by atoms with E-state index in [1.54, 1.807) is 24.3 Å². The number of benzene rings is 4. The van der Waals surface area contributed by atoms with E-state index in [9.17, 15) is 39.6 Å². The Hall–Kier alpha value is -6.06. The number of ether oxygens (including phenoxy) is 4. The Bertz CT molecular complexity index is 2720. The summed E-state index contributed by atoms with van der Waals surface area (Å²) in [6.07, 6.45) is 11.2. The number of halogens is 2. The zero-order valence-electron chi connectivity index (χ0n) is 44.5. The van der Waals surface area contributed by atoms with Crippen molar-refractivity contribution >= 4 is 58.5 Å². The number of carboxylic acid groups (broad SMARTS) is 2. The topological polar surface area (TPSA) is 193 Å². The maximum Gasteiger partial charge on any atom is 0.313 e. The van der Waals surface area contributed by atoms with Gasteiger partial charge in [0.05, 0.1) is 75.7 Å². The van der Waals surface area contributed by atoms with Crippen molar-refractivity contribution in [2.75, 3.05) is 63.4 Å². The minimum atomic E-state index is -1.07. The van der Waals surface area contributed by atoms with Crippen LogP contribution in [0.4, 0.5) is 11.4 Å². The molecule has 78 heavy (non-hydrogen) atoms. The molecule has 0 bridgehead atoms. The Morgan fingerprint density at radius 3 is 1.40 bits per heavy atom. The van der Waals surface area contributed by atoms with E-state index >= 15 is 0 Å². The summed E-state index contributed by atoms with van der Waals surface area (Å²) in [7, 11) is 2.54. The number of hydrogen-bond acceptors (Lipinski definition) is 12. The smallest absolute Gasteiger partial charge is 0.313 e. The summed E-state index contributed by atoms with van der Waals surface area (Å²) in [5.41, 5.74) is 7.34. The highest BCUT2D eigenvalue weighted by Gasteiger charge is 2.46. The van der Waals surface area contributed by atoms with Crippen molar-refractivity contribution in [3.05, 3.63) is 142 Å². The number of esters is 2. The summed E-state index contributed by atoms with van der Waals surface area (Å²) in [4.78, 5) is 53.0. The summed E-state index contributed by atoms with van der Waals surface area (Å²) in [5, 5.41) is 41.5. The van der Waals surface area contributed by atoms with Gasteiger partial charge < -0.3 is 49.2 Å². The third-order valence-electron chi connectivity index (χ3n) is 17.9. The van der Waals surface area contributed by atoms with Crippen LogP contribution in [0.25, 0.3) is 0 Å². The quantitative estimate of drug-likeness (QED) is 0.0612. The highest BCUT2D eigenvalue weighted by Crippen LogP contribution is 2.50. The van der Waals surface area contributed by atoms with E-state index in [1.807, 2.05) is 36.4 Å². The number of rotatable bonds is 16. The lowest BCUT2D eigenvalue weighted by atomic mass is 9.68. The minimum Gasteiger partial charge on any atom is -0.490 e. The molecule has 4 aliphatic carbocycles. The molecule has 0 unspecified atom stereocenters. The molecule has 4 aromatic rings. The average molecular weight is 1110 g/mol. The summed E-state index contributed by atoms with van der Waals surface area (Å²) in [6.45, 7) is 11.4. The van der Waals surface area contributed by atoms with Crippen molar-refractivity contribution < 1.29 is 58.6 Å². The molecular weight excluding hydrogens is 1040 g/mol. The molecule has 10 rings (SSSR count). The van der Waals surface area contributed by atoms with Gasteiger partial charge in [0.15, 0.2) is 0 Å². The predicted molar refractivity (Wildman–Crippen MR) is 299 cm³/mol. The van der Waals surface area contributed by atoms with Gasteiger partial charge in [-0.25, -0.2) is 0 Å². The number of aryl methyl sites for hydroxylation is 2. The van der Waals surface area contributed by atoms with Gasteiger partial charge in [-0.05, 0) is 170 Å². The second kappa shape index (κ2) is 24.1. The molecule has 14 nitrogen and oxygen atoms in total. The molecule has 2 heterocycles. The van der Waals surface area contributed by atoms with Gasteiger partial charge in [-0.15, -0.1) is 13.2 Å². The molecule has 416 valence electrons. The number of anilines is 2. The third-order valence-corrected chi connectivity index (χ3v) is 18.3. The van der Waals surface area contributed by atoms with Crippen molar-refractivity contribution in [1.82, 2.24) is 0 Å². The van der Waals surface area contributed by atoms with E-state index in [0.717, 1.165) is 85.6 Å². The Labute approximate surface area is 466 Å². The van der Waals surface area contributed by atoms with Crippen LogP contribution in [0.1, 0.15) is 109 Å². The molecule has 2 saturated carbocycles. The molecule has 4 aromatic carbocycles. The molecule has 0 amide bonds. The van der Waals surface area contributed by atoms with Crippen molar-refractivity contribution in [1.29, 1.82) is 0 Å². The molecule has 0 aromatic heterocycles. The SMILES string of the molecule is C=C[C@H](O)[C@@H]1CC[C@H]1CN1C[C@@]2(CCCc3cc(Cl)ccc32)COc2ccc([C@@H](CC(=O)O)C(=O)OC)cc21.C=C[C@H](O)[C@@H]1CC[C@H]1CN1C[C@@]2(CCCc3cc(Cl)ccc32)COc2ccc([C@H](CC(=O)O)C(=O)OC)cc21. The molecule has 2 spiro atoms. The number of carbonyl (C=O) groups excluding carboxylic acids is 2. The molecule has 4 N–H and O–H groups in total. The van der Waals surface area contributed by atoms with Gasteiger partial charge in [-0.2, -0.15) is 0 Å². The Morgan fingerprint density at radius 2 is 1.05 bits per heavy atom. The average Bonchev–Trinajstić information content (AvgIpc) is 3.66. The van der Waals surface area contributed by atoms with Crippen LogP contribution < -0.4 is 19.3 Å². The molecule has 10 atom stereocenters. The molecule has 16 heteroatoms. The Morgan fingerprint density at radius 1 is 0.641 bits per heavy atom. The van der Waals surface area contributed by atoms with Gasteiger partial charge in [0, 0.05) is 47.1 Å². The fraction of sp³-hybridized carbons (Fsp3) is 0.484. The van der Waals surface area contributed by atoms with Crippen molar-refractivity contribution in [3.8, 4) is 11.5 Å². The zero-order valence-corrected chi connectivity index (χ0v) is 46.1. The summed E-state index contributed by atoms with van der Waals surface area (Å²) < 4.78 is 22.9. The van der Waals surface area contributed by atoms with E-state index < -0.39 is 47.9 Å². The second-order valence-electron chi connectivity index (χ2n) is 22.5. The lowest BCUT2D eigenvalue weighted by molar-refractivity contribution is -0.147. The molecule has 6 aliphatic rings. The molecular formula is C62H72Cl2N2O12. The number of aliphatic hydroxyl groups is 2. The van der Waals surface area contributed by atoms with Crippen LogP contribution in [0.5, 0.6) is 11.5 Å². The lowest BCUT2D eigenvalue weighted by Gasteiger charge is -2.45. The fourth-order valence-corrected chi connectivity index (χ4v) is 13.9. The van der Waals surface area contributed by atoms with Gasteiger partial charge in [0.2, 0.25) is 0 Å². The lowest BCUT2D eigenvalue weighted by Crippen LogP contribution is -2.49. The van der Waals surface area contributed by atoms with Crippen LogP contribution in [-0.4, -0.2) is 110 Å². The number of nitrogens with zero attached hydrogens (tertiary/aromatic N) is 2. The van der Waals surface area contributed by atoms with Gasteiger partial charge in [-0.3, -0.25) is 19.2 Å². The number of carbonyl (C=O) groups is 4. The number of aliphatic hydroxyl groups excluding tert-OH is 2. The number of fused-ring (bicyclic) bond motifs is 6. The van der Waals surface area contributed by atoms with Crippen LogP contribution in [0.3, 0.4) is 0 Å². The maximum atomic E-state index is 12.6. The maximum absolute atomic E-state index is 12.6. The zero-order chi connectivity index (χ0) is 55.5. The van der Waals surface area contributed by atoms with Gasteiger partial charge >= 0.3 is 23.9 Å². The standard InChI is InChI=1S/2C31H36ClNO6/c2*1-3-27(34)23-9-6-21(23)16-33-17-31(12-4-5-20-13-22(32)8-10-25(20)31)18-39-28-11-7-19(14-26(28)33)24(15-29(35)36)30(37)38-2/h2*3,7-8,10-11,13-14,21,23-24,27,34H,1,4-6,9,12,15-18H2,2H3,(H,35,36)/t21-,23+,24+,27-,31-;21-,23+,24-,27-,31-/m00/s1. The first-order chi connectivity index (χ1) is 37.5. The van der Waals surface area contributed by atoms with E-state index in [2.05, 4.69) is 47.2 Å². The van der Waals surface area contributed by atoms with Gasteiger partial charge in [0.25, 0.3) is 0 Å². The summed E-state index contributed by atoms with van der Waals surface area (Å²) in [5.74, 6) is -2.92. The van der Waals surface area contributed by atoms with Gasteiger partial charge in [0.1, 0.15) is 11.5 Å². The van der Waals surface area contributed by atoms with Crippen LogP contribution >= 0.6 is 23.2 Å². The Balaban J connectivity index is 0.000000190. The first-order valence-electron chi connectivity index (χ1n) is 27.3. The Kier molecular flexibility index (Phi) is 17.5. The number of methoxy groups -OCH3 is 2. The van der Waals surface area contributed by atoms with Crippen molar-refractivity contribution in [3.63, 3.8) is 0 Å². The highest BCUT2D eigenvalue weighted by atomic mass is 35.5. The first kappa shape index (κ1) is 56.7. The van der Waals surface area contributed by atoms with Crippen LogP contribution in [0.15, 0.2) is 98.1 Å². The second-order valence-corrected chi connectivity index (χ2v) is 23.3. The van der Waals surface area contributed by atoms with E-state index in [-0.39, 0.29) is 47.3 Å². The number of carboxylic acids is 2. The van der Waals surface area contributed by atoms with Crippen LogP contribution in [0.2, 0.25) is 10.0 Å². The molecule has 2 fully saturated rings. The summed E-state index contributed by atoms with van der Waals surface area (Å²) in [6, 6.07) is 23.3. The van der Waals surface area contributed by atoms with Gasteiger partial charge in [-0.1, -0.05) is 59.6 Å². The minimum absolute atomic E-state index is 0.140. The third kappa shape index (κ3) is 11.8. The number of aliphatic carboxylic acids is 2. The van der Waals surface area contributed by atoms with Crippen molar-refractivity contribution in [2.24, 2.45) is 23.7 Å². The number of hydrogen-bond donors (Lipinski definition) is 4. The van der Waals surface area contributed by atoms with E-state index in [1.165, 1.54) is 36.5 Å². The highest BCUT2D eigenvalue weighted by molar-refractivity contribution is 6.31. The van der Waals surface area contributed by atoms with Crippen LogP contribution in [-0.2, 0) is 52.3 Å².